The molecule has 0 radical (unpaired) electrons. The molecule has 2 saturated heterocycles. The highest BCUT2D eigenvalue weighted by atomic mass is 16.6. The van der Waals surface area contributed by atoms with Crippen LogP contribution in [0.1, 0.15) is 155 Å². The zero-order valence-electron chi connectivity index (χ0n) is 20.9. The van der Waals surface area contributed by atoms with Gasteiger partial charge in [-0.15, -0.1) is 0 Å². The van der Waals surface area contributed by atoms with Crippen molar-refractivity contribution in [2.24, 2.45) is 0 Å². The Morgan fingerprint density at radius 3 is 0.867 bits per heavy atom. The van der Waals surface area contributed by atoms with E-state index in [0.29, 0.717) is 12.2 Å². The summed E-state index contributed by atoms with van der Waals surface area (Å²) in [5, 5.41) is 0. The van der Waals surface area contributed by atoms with E-state index in [9.17, 15) is 0 Å². The summed E-state index contributed by atoms with van der Waals surface area (Å²) in [4.78, 5) is 0. The van der Waals surface area contributed by atoms with Gasteiger partial charge in [0.2, 0.25) is 0 Å². The van der Waals surface area contributed by atoms with Gasteiger partial charge in [0.05, 0.1) is 25.4 Å². The molecule has 0 amide bonds. The summed E-state index contributed by atoms with van der Waals surface area (Å²) >= 11 is 0. The summed E-state index contributed by atoms with van der Waals surface area (Å²) in [5.41, 5.74) is 0. The Morgan fingerprint density at radius 2 is 0.633 bits per heavy atom. The van der Waals surface area contributed by atoms with Crippen LogP contribution in [0.3, 0.4) is 0 Å². The predicted octanol–water partition coefficient (Wildman–Crippen LogP) is 9.39. The number of hydrogen-bond donors (Lipinski definition) is 0. The summed E-state index contributed by atoms with van der Waals surface area (Å²) in [7, 11) is 0. The molecule has 2 fully saturated rings. The summed E-state index contributed by atoms with van der Waals surface area (Å²) in [6, 6.07) is 0. The van der Waals surface area contributed by atoms with Gasteiger partial charge in [-0.05, 0) is 12.8 Å². The number of rotatable bonds is 22. The van der Waals surface area contributed by atoms with Crippen molar-refractivity contribution in [1.29, 1.82) is 0 Å². The molecule has 2 unspecified atom stereocenters. The van der Waals surface area contributed by atoms with Gasteiger partial charge in [-0.2, -0.15) is 0 Å². The van der Waals surface area contributed by atoms with Crippen molar-refractivity contribution in [1.82, 2.24) is 0 Å². The summed E-state index contributed by atoms with van der Waals surface area (Å²) in [6.07, 6.45) is 32.7. The van der Waals surface area contributed by atoms with Gasteiger partial charge in [-0.3, -0.25) is 0 Å². The van der Waals surface area contributed by atoms with E-state index in [1.165, 1.54) is 141 Å². The molecule has 2 nitrogen and oxygen atoms in total. The second kappa shape index (κ2) is 22.1. The third-order valence-electron chi connectivity index (χ3n) is 6.56. The Morgan fingerprint density at radius 1 is 0.400 bits per heavy atom. The van der Waals surface area contributed by atoms with Crippen LogP contribution < -0.4 is 0 Å². The van der Waals surface area contributed by atoms with E-state index in [4.69, 9.17) is 9.47 Å². The van der Waals surface area contributed by atoms with Gasteiger partial charge in [0.15, 0.2) is 0 Å². The number of ether oxygens (including phenoxy) is 2. The standard InChI is InChI=1S/C18H36O.C10H20O/c1-2-3-4-5-6-7-8-9-10-11-12-13-14-15-16-18-17-19-18;1-2-3-4-5-6-7-8-10-9-11-10/h18H,2-17H2,1H3;10H,2-9H2,1H3. The molecule has 0 aliphatic carbocycles. The van der Waals surface area contributed by atoms with Crippen LogP contribution in [0, 0.1) is 0 Å². The van der Waals surface area contributed by atoms with Gasteiger partial charge in [-0.25, -0.2) is 0 Å². The SMILES string of the molecule is CCCCCCCCC1CO1.CCCCCCCCCCCCCCCCC1CO1. The van der Waals surface area contributed by atoms with Gasteiger partial charge in [-0.1, -0.05) is 142 Å². The Kier molecular flexibility index (Phi) is 20.6. The van der Waals surface area contributed by atoms with Crippen molar-refractivity contribution in [2.75, 3.05) is 13.2 Å². The van der Waals surface area contributed by atoms with Gasteiger partial charge < -0.3 is 9.47 Å². The monoisotopic (exact) mass is 424 g/mol. The van der Waals surface area contributed by atoms with E-state index < -0.39 is 0 Å². The predicted molar refractivity (Wildman–Crippen MR) is 132 cm³/mol. The van der Waals surface area contributed by atoms with Crippen molar-refractivity contribution >= 4 is 0 Å². The largest absolute Gasteiger partial charge is 0.373 e. The van der Waals surface area contributed by atoms with Gasteiger partial charge in [0.25, 0.3) is 0 Å². The van der Waals surface area contributed by atoms with Crippen LogP contribution >= 0.6 is 0 Å². The molecule has 2 rings (SSSR count). The maximum Gasteiger partial charge on any atom is 0.0810 e. The molecule has 0 bridgehead atoms. The lowest BCUT2D eigenvalue weighted by atomic mass is 10.0. The molecule has 2 heterocycles. The van der Waals surface area contributed by atoms with Gasteiger partial charge in [0, 0.05) is 0 Å². The maximum atomic E-state index is 5.22. The van der Waals surface area contributed by atoms with Gasteiger partial charge in [0.1, 0.15) is 0 Å². The van der Waals surface area contributed by atoms with Crippen LogP contribution in [0.15, 0.2) is 0 Å². The fourth-order valence-electron chi connectivity index (χ4n) is 4.19. The number of unbranched alkanes of at least 4 members (excludes halogenated alkanes) is 18. The molecule has 0 aromatic carbocycles. The molecule has 30 heavy (non-hydrogen) atoms. The van der Waals surface area contributed by atoms with Gasteiger partial charge >= 0.3 is 0 Å². The van der Waals surface area contributed by atoms with E-state index in [-0.39, 0.29) is 0 Å². The average Bonchev–Trinajstić information content (AvgIpc) is 3.67. The minimum atomic E-state index is 0.650. The maximum absolute atomic E-state index is 5.22. The zero-order chi connectivity index (χ0) is 21.5. The highest BCUT2D eigenvalue weighted by Gasteiger charge is 2.21. The average molecular weight is 425 g/mol. The first kappa shape index (κ1) is 28.0. The lowest BCUT2D eigenvalue weighted by molar-refractivity contribution is 0.387. The third-order valence-corrected chi connectivity index (χ3v) is 6.56. The topological polar surface area (TPSA) is 25.1 Å². The first-order chi connectivity index (χ1) is 14.9. The lowest BCUT2D eigenvalue weighted by Gasteiger charge is -2.03. The van der Waals surface area contributed by atoms with Crippen molar-refractivity contribution in [3.63, 3.8) is 0 Å². The molecular formula is C28H56O2. The van der Waals surface area contributed by atoms with Crippen LogP contribution in [0.2, 0.25) is 0 Å². The Hall–Kier alpha value is -0.0800. The van der Waals surface area contributed by atoms with E-state index in [0.717, 1.165) is 13.2 Å². The Bertz CT molecular complexity index is 323. The molecule has 0 aromatic heterocycles. The summed E-state index contributed by atoms with van der Waals surface area (Å²) < 4.78 is 10.4. The number of hydrogen-bond acceptors (Lipinski definition) is 2. The highest BCUT2D eigenvalue weighted by Crippen LogP contribution is 2.19. The molecule has 180 valence electrons. The molecular weight excluding hydrogens is 368 g/mol. The smallest absolute Gasteiger partial charge is 0.0810 e. The van der Waals surface area contributed by atoms with Crippen molar-refractivity contribution in [3.05, 3.63) is 0 Å². The van der Waals surface area contributed by atoms with Crippen LogP contribution in [0.5, 0.6) is 0 Å². The summed E-state index contributed by atoms with van der Waals surface area (Å²) in [6.45, 7) is 6.63. The molecule has 2 aliphatic heterocycles. The normalized spacial score (nSPS) is 19.4. The lowest BCUT2D eigenvalue weighted by Crippen LogP contribution is -1.86. The molecule has 0 saturated carbocycles. The quantitative estimate of drug-likeness (QED) is 0.128. The summed E-state index contributed by atoms with van der Waals surface area (Å²) in [5.74, 6) is 0. The zero-order valence-corrected chi connectivity index (χ0v) is 20.9. The first-order valence-electron chi connectivity index (χ1n) is 14.1. The molecule has 2 heteroatoms. The fraction of sp³-hybridized carbons (Fsp3) is 1.00. The minimum absolute atomic E-state index is 0.650. The van der Waals surface area contributed by atoms with Crippen molar-refractivity contribution < 1.29 is 9.47 Å². The molecule has 0 aromatic rings. The fourth-order valence-corrected chi connectivity index (χ4v) is 4.19. The third kappa shape index (κ3) is 22.6. The second-order valence-electron chi connectivity index (χ2n) is 9.85. The first-order valence-corrected chi connectivity index (χ1v) is 14.1. The van der Waals surface area contributed by atoms with Crippen LogP contribution in [-0.2, 0) is 9.47 Å². The van der Waals surface area contributed by atoms with E-state index in [2.05, 4.69) is 13.8 Å². The highest BCUT2D eigenvalue weighted by molar-refractivity contribution is 4.68. The second-order valence-corrected chi connectivity index (χ2v) is 9.85. The molecule has 0 spiro atoms. The van der Waals surface area contributed by atoms with Crippen LogP contribution in [-0.4, -0.2) is 25.4 Å². The minimum Gasteiger partial charge on any atom is -0.373 e. The van der Waals surface area contributed by atoms with Crippen molar-refractivity contribution in [2.45, 2.75) is 167 Å². The van der Waals surface area contributed by atoms with E-state index in [1.807, 2.05) is 0 Å². The molecule has 2 atom stereocenters. The molecule has 0 N–H and O–H groups in total. The van der Waals surface area contributed by atoms with Crippen molar-refractivity contribution in [3.8, 4) is 0 Å². The Balaban J connectivity index is 0.000000346. The molecule has 2 aliphatic rings. The van der Waals surface area contributed by atoms with E-state index >= 15 is 0 Å². The van der Waals surface area contributed by atoms with Crippen LogP contribution in [0.25, 0.3) is 0 Å². The van der Waals surface area contributed by atoms with Crippen LogP contribution in [0.4, 0.5) is 0 Å². The Labute approximate surface area is 190 Å². The number of epoxide rings is 2. The van der Waals surface area contributed by atoms with E-state index in [1.54, 1.807) is 0 Å².